The molecule has 0 aliphatic carbocycles. The Hall–Kier alpha value is -2.69. The zero-order valence-corrected chi connectivity index (χ0v) is 21.3. The maximum Gasteiger partial charge on any atom is 0.355 e. The number of thioether (sulfide) groups is 1. The van der Waals surface area contributed by atoms with E-state index in [4.69, 9.17) is 37.0 Å². The number of ether oxygens (including phenoxy) is 3. The summed E-state index contributed by atoms with van der Waals surface area (Å²) < 4.78 is 15.7. The highest BCUT2D eigenvalue weighted by molar-refractivity contribution is 8.13. The number of nitrogens with two attached hydrogens (primary N) is 1. The highest BCUT2D eigenvalue weighted by atomic mass is 35.5. The second-order valence-corrected chi connectivity index (χ2v) is 8.06. The van der Waals surface area contributed by atoms with E-state index in [0.29, 0.717) is 10.6 Å². The van der Waals surface area contributed by atoms with Crippen LogP contribution in [0.15, 0.2) is 46.8 Å². The van der Waals surface area contributed by atoms with Crippen LogP contribution in [0.25, 0.3) is 0 Å². The molecule has 1 atom stereocenters. The lowest BCUT2D eigenvalue weighted by Gasteiger charge is -2.31. The van der Waals surface area contributed by atoms with Gasteiger partial charge in [0, 0.05) is 16.5 Å². The fraction of sp³-hybridized carbons (Fsp3) is 0.364. The summed E-state index contributed by atoms with van der Waals surface area (Å²) >= 11 is 7.15. The van der Waals surface area contributed by atoms with E-state index in [1.54, 1.807) is 45.0 Å². The summed E-state index contributed by atoms with van der Waals surface area (Å²) in [4.78, 5) is 39.1. The van der Waals surface area contributed by atoms with E-state index in [2.05, 4.69) is 5.32 Å². The second-order valence-electron chi connectivity index (χ2n) is 6.61. The first-order valence-corrected chi connectivity index (χ1v) is 11.6. The van der Waals surface area contributed by atoms with Gasteiger partial charge in [-0.3, -0.25) is 5.41 Å². The van der Waals surface area contributed by atoms with Crippen LogP contribution < -0.4 is 11.1 Å². The molecule has 1 aliphatic rings. The van der Waals surface area contributed by atoms with Crippen LogP contribution in [-0.2, 0) is 28.6 Å². The zero-order chi connectivity index (χ0) is 24.5. The third-order valence-electron chi connectivity index (χ3n) is 4.47. The quantitative estimate of drug-likeness (QED) is 0.189. The van der Waals surface area contributed by atoms with Gasteiger partial charge >= 0.3 is 17.9 Å². The van der Waals surface area contributed by atoms with Crippen molar-refractivity contribution in [3.05, 3.63) is 57.4 Å². The van der Waals surface area contributed by atoms with Crippen LogP contribution in [0.5, 0.6) is 0 Å². The molecule has 4 N–H and O–H groups in total. The van der Waals surface area contributed by atoms with E-state index in [0.717, 1.165) is 11.8 Å². The number of esters is 3. The van der Waals surface area contributed by atoms with Crippen molar-refractivity contribution in [2.24, 2.45) is 5.73 Å². The Kier molecular flexibility index (Phi) is 12.0. The Balaban J connectivity index is 0.00000578. The summed E-state index contributed by atoms with van der Waals surface area (Å²) in [5.74, 6) is -3.28. The van der Waals surface area contributed by atoms with Gasteiger partial charge in [0.1, 0.15) is 5.70 Å². The fourth-order valence-electron chi connectivity index (χ4n) is 3.27. The van der Waals surface area contributed by atoms with Crippen LogP contribution in [-0.4, -0.2) is 48.6 Å². The van der Waals surface area contributed by atoms with Gasteiger partial charge in [-0.2, -0.15) is 0 Å². The van der Waals surface area contributed by atoms with E-state index in [9.17, 15) is 14.4 Å². The van der Waals surface area contributed by atoms with Crippen molar-refractivity contribution >= 4 is 58.8 Å². The minimum atomic E-state index is -1.04. The molecule has 1 unspecified atom stereocenters. The Morgan fingerprint density at radius 1 is 1.03 bits per heavy atom. The summed E-state index contributed by atoms with van der Waals surface area (Å²) in [6.45, 7) is 5.11. The molecular formula is C22H27Cl2N3O6S. The standard InChI is InChI=1S/C22H26ClN3O6S.ClH/c1-4-30-19(27)16-14(11-33-22(24)25)26-18(21(29)32-6-3)17(20(28)31-5-2)15(16)12-8-7-9-13(23)10-12;/h7-10,15,26H,4-6,11H2,1-3H3,(H3,24,25);1H. The summed E-state index contributed by atoms with van der Waals surface area (Å²) in [5.41, 5.74) is 6.06. The molecule has 0 bridgehead atoms. The molecule has 2 rings (SSSR count). The molecule has 9 nitrogen and oxygen atoms in total. The van der Waals surface area contributed by atoms with Crippen molar-refractivity contribution in [2.45, 2.75) is 26.7 Å². The van der Waals surface area contributed by atoms with Crippen LogP contribution in [0.1, 0.15) is 32.3 Å². The summed E-state index contributed by atoms with van der Waals surface area (Å²) in [6, 6.07) is 6.58. The number of carbonyl (C=O) groups excluding carboxylic acids is 3. The SMILES string of the molecule is CCOC(=O)C1=C(C(=O)OCC)C(c2cccc(Cl)c2)C(C(=O)OCC)=C(CSC(=N)N)N1.Cl. The third-order valence-corrected chi connectivity index (χ3v) is 5.45. The molecule has 0 radical (unpaired) electrons. The van der Waals surface area contributed by atoms with E-state index < -0.39 is 23.8 Å². The van der Waals surface area contributed by atoms with E-state index in [1.807, 2.05) is 0 Å². The molecule has 1 aromatic rings. The van der Waals surface area contributed by atoms with Crippen LogP contribution in [0.3, 0.4) is 0 Å². The lowest BCUT2D eigenvalue weighted by Crippen LogP contribution is -2.38. The van der Waals surface area contributed by atoms with Crippen molar-refractivity contribution in [1.82, 2.24) is 5.32 Å². The zero-order valence-electron chi connectivity index (χ0n) is 18.9. The first kappa shape index (κ1) is 29.3. The number of carbonyl (C=O) groups is 3. The largest absolute Gasteiger partial charge is 0.463 e. The van der Waals surface area contributed by atoms with Gasteiger partial charge in [-0.25, -0.2) is 14.4 Å². The molecule has 1 aromatic carbocycles. The first-order valence-electron chi connectivity index (χ1n) is 10.2. The number of halogens is 2. The minimum Gasteiger partial charge on any atom is -0.463 e. The summed E-state index contributed by atoms with van der Waals surface area (Å²) in [7, 11) is 0. The van der Waals surface area contributed by atoms with Gasteiger partial charge in [0.25, 0.3) is 0 Å². The van der Waals surface area contributed by atoms with Gasteiger partial charge < -0.3 is 25.3 Å². The molecule has 0 amide bonds. The molecule has 0 saturated carbocycles. The molecule has 0 spiro atoms. The Morgan fingerprint density at radius 2 is 1.59 bits per heavy atom. The van der Waals surface area contributed by atoms with Crippen molar-refractivity contribution in [3.8, 4) is 0 Å². The van der Waals surface area contributed by atoms with Crippen molar-refractivity contribution in [1.29, 1.82) is 5.41 Å². The lowest BCUT2D eigenvalue weighted by molar-refractivity contribution is -0.143. The van der Waals surface area contributed by atoms with Crippen LogP contribution >= 0.6 is 35.8 Å². The monoisotopic (exact) mass is 531 g/mol. The van der Waals surface area contributed by atoms with E-state index in [-0.39, 0.29) is 65.7 Å². The number of hydrogen-bond donors (Lipinski definition) is 3. The molecule has 1 heterocycles. The first-order chi connectivity index (χ1) is 15.7. The number of benzene rings is 1. The maximum atomic E-state index is 13.1. The number of rotatable bonds is 9. The highest BCUT2D eigenvalue weighted by Crippen LogP contribution is 2.41. The van der Waals surface area contributed by atoms with Crippen molar-refractivity contribution in [3.63, 3.8) is 0 Å². The molecular weight excluding hydrogens is 505 g/mol. The summed E-state index contributed by atoms with van der Waals surface area (Å²) in [5, 5.41) is 10.6. The highest BCUT2D eigenvalue weighted by Gasteiger charge is 2.42. The van der Waals surface area contributed by atoms with Crippen molar-refractivity contribution < 1.29 is 28.6 Å². The van der Waals surface area contributed by atoms with Gasteiger partial charge in [0.05, 0.1) is 36.9 Å². The van der Waals surface area contributed by atoms with E-state index in [1.165, 1.54) is 0 Å². The Bertz CT molecular complexity index is 1010. The van der Waals surface area contributed by atoms with E-state index >= 15 is 0 Å². The van der Waals surface area contributed by atoms with Crippen LogP contribution in [0.4, 0.5) is 0 Å². The van der Waals surface area contributed by atoms with Crippen LogP contribution in [0, 0.1) is 5.41 Å². The average molecular weight is 532 g/mol. The molecule has 34 heavy (non-hydrogen) atoms. The number of dihydropyridines is 1. The number of hydrogen-bond acceptors (Lipinski definition) is 9. The second kappa shape index (κ2) is 13.9. The predicted octanol–water partition coefficient (Wildman–Crippen LogP) is 3.27. The van der Waals surface area contributed by atoms with Crippen LogP contribution in [0.2, 0.25) is 5.02 Å². The van der Waals surface area contributed by atoms with Gasteiger partial charge in [0.2, 0.25) is 0 Å². The fourth-order valence-corrected chi connectivity index (χ4v) is 4.00. The Labute approximate surface area is 213 Å². The number of nitrogens with one attached hydrogen (secondary N) is 2. The molecule has 0 aromatic heterocycles. The third kappa shape index (κ3) is 7.15. The smallest absolute Gasteiger partial charge is 0.355 e. The van der Waals surface area contributed by atoms with Gasteiger partial charge in [-0.05, 0) is 38.5 Å². The van der Waals surface area contributed by atoms with Gasteiger partial charge in [-0.1, -0.05) is 35.5 Å². The molecule has 1 aliphatic heterocycles. The maximum absolute atomic E-state index is 13.1. The normalized spacial score (nSPS) is 15.1. The molecule has 0 fully saturated rings. The summed E-state index contributed by atoms with van der Waals surface area (Å²) in [6.07, 6.45) is 0. The topological polar surface area (TPSA) is 141 Å². The minimum absolute atomic E-state index is 0. The van der Waals surface area contributed by atoms with Gasteiger partial charge in [0.15, 0.2) is 5.17 Å². The Morgan fingerprint density at radius 3 is 2.12 bits per heavy atom. The predicted molar refractivity (Wildman–Crippen MR) is 133 cm³/mol. The molecule has 12 heteroatoms. The molecule has 186 valence electrons. The van der Waals surface area contributed by atoms with Crippen molar-refractivity contribution in [2.75, 3.05) is 25.6 Å². The number of amidine groups is 1. The molecule has 0 saturated heterocycles. The van der Waals surface area contributed by atoms with Gasteiger partial charge in [-0.15, -0.1) is 12.4 Å². The lowest BCUT2D eigenvalue weighted by atomic mass is 9.80. The average Bonchev–Trinajstić information content (AvgIpc) is 2.76.